The second-order valence-electron chi connectivity index (χ2n) is 16.7. The number of anilines is 4. The van der Waals surface area contributed by atoms with E-state index in [1.165, 1.54) is 24.3 Å². The number of carbonyl (C=O) groups excluding carboxylic acids is 5. The van der Waals surface area contributed by atoms with Crippen LogP contribution in [0.25, 0.3) is 0 Å². The van der Waals surface area contributed by atoms with E-state index in [0.29, 0.717) is 37.5 Å². The number of hydrogen-bond acceptors (Lipinski definition) is 12. The maximum absolute atomic E-state index is 13.8. The summed E-state index contributed by atoms with van der Waals surface area (Å²) in [6, 6.07) is 11.8. The van der Waals surface area contributed by atoms with Gasteiger partial charge in [-0.05, 0) is 113 Å². The normalized spacial score (nSPS) is 20.4. The summed E-state index contributed by atoms with van der Waals surface area (Å²) in [7, 11) is 0. The van der Waals surface area contributed by atoms with Crippen molar-refractivity contribution in [2.24, 2.45) is 0 Å². The SMILES string of the molecule is CCc1cc(N2C(=S)N(c3ccc(C#N)c(C(F)(F)F)c3)C(=O)C2(C)C)ccc1OCCN1C[C@@H](C)N(CC(=O)N(OC(=O)C(F)(F)F)c2cc(Cl)cc(NC3CCC(=O)NC3=O)c2)[C@H](C)C1. The fourth-order valence-electron chi connectivity index (χ4n) is 8.24. The van der Waals surface area contributed by atoms with Gasteiger partial charge in [0.15, 0.2) is 5.11 Å². The maximum Gasteiger partial charge on any atom is 0.493 e. The number of amides is 4. The Kier molecular flexibility index (Phi) is 14.8. The number of piperidine rings is 1. The van der Waals surface area contributed by atoms with E-state index in [9.17, 15) is 55.6 Å². The molecule has 23 heteroatoms. The lowest BCUT2D eigenvalue weighted by atomic mass is 10.0. The molecule has 0 bridgehead atoms. The molecule has 3 saturated heterocycles. The van der Waals surface area contributed by atoms with E-state index in [1.807, 2.05) is 20.8 Å². The zero-order valence-corrected chi connectivity index (χ0v) is 38.3. The molecule has 3 heterocycles. The number of benzene rings is 3. The van der Waals surface area contributed by atoms with Crippen LogP contribution in [-0.4, -0.2) is 107 Å². The van der Waals surface area contributed by atoms with Crippen LogP contribution in [0.1, 0.15) is 64.2 Å². The average Bonchev–Trinajstić information content (AvgIpc) is 3.42. The van der Waals surface area contributed by atoms with Gasteiger partial charge in [-0.25, -0.2) is 4.79 Å². The van der Waals surface area contributed by atoms with E-state index >= 15 is 0 Å². The lowest BCUT2D eigenvalue weighted by molar-refractivity contribution is -0.201. The minimum Gasteiger partial charge on any atom is -0.492 e. The van der Waals surface area contributed by atoms with Crippen molar-refractivity contribution in [3.05, 3.63) is 76.3 Å². The molecular weight excluding hydrogens is 934 g/mol. The number of halogens is 7. The molecule has 3 aromatic rings. The van der Waals surface area contributed by atoms with Crippen molar-refractivity contribution in [2.45, 2.75) is 89.9 Å². The Bertz CT molecular complexity index is 2510. The van der Waals surface area contributed by atoms with Gasteiger partial charge in [0.05, 0.1) is 35.1 Å². The van der Waals surface area contributed by atoms with Crippen LogP contribution in [0.3, 0.4) is 0 Å². The predicted octanol–water partition coefficient (Wildman–Crippen LogP) is 6.75. The molecular formula is C44H45ClF6N8O7S. The zero-order chi connectivity index (χ0) is 49.3. The molecule has 1 unspecified atom stereocenters. The number of nitrogens with zero attached hydrogens (tertiary/aromatic N) is 6. The third-order valence-electron chi connectivity index (χ3n) is 11.5. The largest absolute Gasteiger partial charge is 0.493 e. The van der Waals surface area contributed by atoms with Crippen LogP contribution < -0.4 is 30.2 Å². The molecule has 3 atom stereocenters. The molecule has 0 saturated carbocycles. The van der Waals surface area contributed by atoms with Crippen molar-refractivity contribution in [1.82, 2.24) is 15.1 Å². The van der Waals surface area contributed by atoms with Gasteiger partial charge in [-0.1, -0.05) is 18.5 Å². The smallest absolute Gasteiger partial charge is 0.492 e. The number of hydrogen-bond donors (Lipinski definition) is 2. The third kappa shape index (κ3) is 11.1. The topological polar surface area (TPSA) is 168 Å². The van der Waals surface area contributed by atoms with E-state index in [4.69, 9.17) is 28.6 Å². The second-order valence-corrected chi connectivity index (χ2v) is 17.5. The van der Waals surface area contributed by atoms with Gasteiger partial charge in [0.25, 0.3) is 11.8 Å². The molecule has 67 heavy (non-hydrogen) atoms. The summed E-state index contributed by atoms with van der Waals surface area (Å²) < 4.78 is 88.1. The molecule has 0 radical (unpaired) electrons. The van der Waals surface area contributed by atoms with Crippen LogP contribution in [0.15, 0.2) is 54.6 Å². The van der Waals surface area contributed by atoms with Crippen LogP contribution in [-0.2, 0) is 41.4 Å². The van der Waals surface area contributed by atoms with Gasteiger partial charge in [-0.2, -0.15) is 31.6 Å². The minimum absolute atomic E-state index is 0.0300. The Balaban J connectivity index is 1.10. The summed E-state index contributed by atoms with van der Waals surface area (Å²) in [6.45, 7) is 9.75. The van der Waals surface area contributed by atoms with Crippen molar-refractivity contribution in [2.75, 3.05) is 53.0 Å². The number of alkyl halides is 6. The third-order valence-corrected chi connectivity index (χ3v) is 12.1. The van der Waals surface area contributed by atoms with E-state index < -0.39 is 71.2 Å². The summed E-state index contributed by atoms with van der Waals surface area (Å²) in [6.07, 6.45) is -9.66. The molecule has 2 N–H and O–H groups in total. The molecule has 3 aliphatic rings. The van der Waals surface area contributed by atoms with Gasteiger partial charge < -0.3 is 19.8 Å². The van der Waals surface area contributed by atoms with Crippen LogP contribution in [0, 0.1) is 11.3 Å². The molecule has 358 valence electrons. The van der Waals surface area contributed by atoms with Crippen LogP contribution in [0.2, 0.25) is 5.02 Å². The average molecular weight is 979 g/mol. The van der Waals surface area contributed by atoms with Gasteiger partial charge in [-0.15, -0.1) is 5.06 Å². The van der Waals surface area contributed by atoms with Gasteiger partial charge in [0.1, 0.15) is 23.9 Å². The lowest BCUT2D eigenvalue weighted by Gasteiger charge is -2.44. The quantitative estimate of drug-likeness (QED) is 0.0848. The predicted molar refractivity (Wildman–Crippen MR) is 237 cm³/mol. The number of nitriles is 1. The number of thiocarbonyl (C=S) groups is 1. The summed E-state index contributed by atoms with van der Waals surface area (Å²) in [4.78, 5) is 74.7. The number of imide groups is 1. The van der Waals surface area contributed by atoms with E-state index in [0.717, 1.165) is 28.7 Å². The summed E-state index contributed by atoms with van der Waals surface area (Å²) in [5.74, 6) is -4.80. The number of aryl methyl sites for hydroxylation is 1. The molecule has 6 rings (SSSR count). The van der Waals surface area contributed by atoms with E-state index in [1.54, 1.807) is 41.8 Å². The highest BCUT2D eigenvalue weighted by atomic mass is 35.5. The number of nitrogens with one attached hydrogen (secondary N) is 2. The molecule has 15 nitrogen and oxygen atoms in total. The molecule has 0 aliphatic carbocycles. The molecule has 3 aliphatic heterocycles. The highest BCUT2D eigenvalue weighted by Gasteiger charge is 2.51. The van der Waals surface area contributed by atoms with Crippen LogP contribution in [0.4, 0.5) is 49.1 Å². The fourth-order valence-corrected chi connectivity index (χ4v) is 8.99. The van der Waals surface area contributed by atoms with Crippen molar-refractivity contribution in [1.29, 1.82) is 5.26 Å². The first-order valence-electron chi connectivity index (χ1n) is 20.9. The Hall–Kier alpha value is -6.02. The first kappa shape index (κ1) is 50.4. The Morgan fingerprint density at radius 1 is 1.00 bits per heavy atom. The Labute approximate surface area is 391 Å². The van der Waals surface area contributed by atoms with Gasteiger partial charge >= 0.3 is 18.3 Å². The first-order valence-corrected chi connectivity index (χ1v) is 21.7. The summed E-state index contributed by atoms with van der Waals surface area (Å²) in [5.41, 5.74) is -2.20. The summed E-state index contributed by atoms with van der Waals surface area (Å²) >= 11 is 12.0. The van der Waals surface area contributed by atoms with Gasteiger partial charge in [0, 0.05) is 54.5 Å². The maximum atomic E-state index is 13.8. The number of piperazine rings is 1. The lowest BCUT2D eigenvalue weighted by Crippen LogP contribution is -2.59. The standard InChI is InChI=1S/C44H45ClF6N8O7S/c1-6-26-15-31(58-41(67)57(39(63)42(58,4)5)30-8-7-27(20-52)33(19-30)43(46,47)48)9-11-35(26)65-14-13-55-21-24(2)56(25(3)22-55)23-37(61)59(66-40(64)44(49,50)51)32-17-28(45)16-29(18-32)53-34-10-12-36(60)54-38(34)62/h7-9,11,15-19,24-25,34,53H,6,10,12-14,21-23H2,1-5H3,(H,54,60,62)/t24-,25-,34?/m1/s1. The molecule has 4 amide bonds. The van der Waals surface area contributed by atoms with Crippen molar-refractivity contribution < 1.29 is 59.9 Å². The minimum atomic E-state index is -5.45. The van der Waals surface area contributed by atoms with Crippen LogP contribution in [0.5, 0.6) is 5.75 Å². The fraction of sp³-hybridized carbons (Fsp3) is 0.432. The van der Waals surface area contributed by atoms with Crippen molar-refractivity contribution in [3.63, 3.8) is 0 Å². The number of hydroxylamine groups is 1. The second kappa shape index (κ2) is 19.7. The summed E-state index contributed by atoms with van der Waals surface area (Å²) in [5, 5.41) is 14.4. The van der Waals surface area contributed by atoms with E-state index in [2.05, 4.69) is 20.4 Å². The molecule has 0 aromatic heterocycles. The van der Waals surface area contributed by atoms with Gasteiger partial charge in [-0.3, -0.25) is 39.2 Å². The number of carbonyl (C=O) groups is 5. The Morgan fingerprint density at radius 2 is 1.67 bits per heavy atom. The number of rotatable bonds is 12. The van der Waals surface area contributed by atoms with Gasteiger partial charge in [0.2, 0.25) is 11.8 Å². The highest BCUT2D eigenvalue weighted by molar-refractivity contribution is 7.81. The zero-order valence-electron chi connectivity index (χ0n) is 36.7. The first-order chi connectivity index (χ1) is 31.3. The molecule has 0 spiro atoms. The number of ether oxygens (including phenoxy) is 1. The molecule has 3 fully saturated rings. The van der Waals surface area contributed by atoms with E-state index in [-0.39, 0.29) is 63.8 Å². The monoisotopic (exact) mass is 978 g/mol. The van der Waals surface area contributed by atoms with Crippen LogP contribution >= 0.6 is 23.8 Å². The van der Waals surface area contributed by atoms with Crippen molar-refractivity contribution in [3.8, 4) is 11.8 Å². The molecule has 3 aromatic carbocycles. The Morgan fingerprint density at radius 3 is 2.28 bits per heavy atom. The van der Waals surface area contributed by atoms with Crippen molar-refractivity contribution >= 4 is 81.3 Å². The highest BCUT2D eigenvalue weighted by Crippen LogP contribution is 2.41.